The van der Waals surface area contributed by atoms with Gasteiger partial charge in [0.15, 0.2) is 0 Å². The summed E-state index contributed by atoms with van der Waals surface area (Å²) in [5.74, 6) is 2.16. The van der Waals surface area contributed by atoms with Crippen molar-refractivity contribution in [2.75, 3.05) is 6.61 Å². The van der Waals surface area contributed by atoms with Crippen LogP contribution in [-0.4, -0.2) is 12.0 Å². The molecular weight excluding hydrogens is 232 g/mol. The summed E-state index contributed by atoms with van der Waals surface area (Å²) in [4.78, 5) is 0. The van der Waals surface area contributed by atoms with E-state index < -0.39 is 0 Å². The summed E-state index contributed by atoms with van der Waals surface area (Å²) in [6.45, 7) is 5.18. The predicted molar refractivity (Wildman–Crippen MR) is 73.0 cm³/mol. The maximum absolute atomic E-state index is 6.32. The molecule has 3 atom stereocenters. The molecule has 1 fully saturated rings. The van der Waals surface area contributed by atoms with E-state index in [1.165, 1.54) is 12.0 Å². The van der Waals surface area contributed by atoms with Gasteiger partial charge in [0.1, 0.15) is 5.75 Å². The molecule has 0 saturated heterocycles. The molecule has 0 N–H and O–H groups in total. The van der Waals surface area contributed by atoms with E-state index in [4.69, 9.17) is 16.3 Å². The Balaban J connectivity index is 2.19. The van der Waals surface area contributed by atoms with E-state index in [2.05, 4.69) is 32.0 Å². The third kappa shape index (κ3) is 2.77. The van der Waals surface area contributed by atoms with Crippen molar-refractivity contribution in [2.45, 2.75) is 44.4 Å². The second-order valence-electron chi connectivity index (χ2n) is 4.95. The zero-order valence-corrected chi connectivity index (χ0v) is 11.4. The SMILES string of the molecule is CCCOc1ccccc1C1CCC(Cl)C1C. The second kappa shape index (κ2) is 5.77. The summed E-state index contributed by atoms with van der Waals surface area (Å²) >= 11 is 6.32. The Labute approximate surface area is 109 Å². The minimum absolute atomic E-state index is 0.319. The van der Waals surface area contributed by atoms with Gasteiger partial charge in [0.05, 0.1) is 6.61 Å². The highest BCUT2D eigenvalue weighted by atomic mass is 35.5. The van der Waals surface area contributed by atoms with Crippen LogP contribution in [0.25, 0.3) is 0 Å². The van der Waals surface area contributed by atoms with Crippen LogP contribution in [0.3, 0.4) is 0 Å². The molecule has 0 heterocycles. The number of ether oxygens (including phenoxy) is 1. The minimum Gasteiger partial charge on any atom is -0.493 e. The molecule has 1 saturated carbocycles. The fraction of sp³-hybridized carbons (Fsp3) is 0.600. The normalized spacial score (nSPS) is 28.3. The van der Waals surface area contributed by atoms with Crippen molar-refractivity contribution in [1.82, 2.24) is 0 Å². The molecule has 1 nitrogen and oxygen atoms in total. The zero-order valence-electron chi connectivity index (χ0n) is 10.7. The molecule has 3 unspecified atom stereocenters. The second-order valence-corrected chi connectivity index (χ2v) is 5.51. The minimum atomic E-state index is 0.319. The molecule has 0 radical (unpaired) electrons. The van der Waals surface area contributed by atoms with Gasteiger partial charge < -0.3 is 4.74 Å². The molecule has 2 rings (SSSR count). The van der Waals surface area contributed by atoms with Gasteiger partial charge in [-0.05, 0) is 42.7 Å². The van der Waals surface area contributed by atoms with Gasteiger partial charge in [0.2, 0.25) is 0 Å². The molecule has 94 valence electrons. The summed E-state index contributed by atoms with van der Waals surface area (Å²) in [5, 5.41) is 0.319. The number of halogens is 1. The Morgan fingerprint density at radius 3 is 2.71 bits per heavy atom. The van der Waals surface area contributed by atoms with Crippen molar-refractivity contribution in [2.24, 2.45) is 5.92 Å². The lowest BCUT2D eigenvalue weighted by atomic mass is 9.89. The van der Waals surface area contributed by atoms with Gasteiger partial charge in [0, 0.05) is 5.38 Å². The molecular formula is C15H21ClO. The Morgan fingerprint density at radius 2 is 2.06 bits per heavy atom. The van der Waals surface area contributed by atoms with Crippen LogP contribution in [0.1, 0.15) is 44.6 Å². The Hall–Kier alpha value is -0.690. The Bertz CT molecular complexity index is 364. The number of hydrogen-bond acceptors (Lipinski definition) is 1. The first-order chi connectivity index (χ1) is 8.24. The van der Waals surface area contributed by atoms with Crippen molar-refractivity contribution in [3.63, 3.8) is 0 Å². The molecule has 0 aromatic heterocycles. The highest BCUT2D eigenvalue weighted by Crippen LogP contribution is 2.44. The molecule has 0 amide bonds. The van der Waals surface area contributed by atoms with Crippen molar-refractivity contribution >= 4 is 11.6 Å². The monoisotopic (exact) mass is 252 g/mol. The molecule has 1 aromatic carbocycles. The van der Waals surface area contributed by atoms with Gasteiger partial charge >= 0.3 is 0 Å². The third-order valence-corrected chi connectivity index (χ3v) is 4.35. The molecule has 0 aliphatic heterocycles. The largest absolute Gasteiger partial charge is 0.493 e. The first-order valence-electron chi connectivity index (χ1n) is 6.59. The van der Waals surface area contributed by atoms with Crippen LogP contribution in [0.5, 0.6) is 5.75 Å². The molecule has 1 aliphatic carbocycles. The highest BCUT2D eigenvalue weighted by molar-refractivity contribution is 6.21. The van der Waals surface area contributed by atoms with Crippen molar-refractivity contribution in [3.8, 4) is 5.75 Å². The average molecular weight is 253 g/mol. The third-order valence-electron chi connectivity index (χ3n) is 3.74. The summed E-state index contributed by atoms with van der Waals surface area (Å²) in [7, 11) is 0. The van der Waals surface area contributed by atoms with E-state index in [1.54, 1.807) is 0 Å². The zero-order chi connectivity index (χ0) is 12.3. The van der Waals surface area contributed by atoms with Crippen LogP contribution >= 0.6 is 11.6 Å². The van der Waals surface area contributed by atoms with Crippen LogP contribution < -0.4 is 4.74 Å². The lowest BCUT2D eigenvalue weighted by Crippen LogP contribution is -2.11. The first-order valence-corrected chi connectivity index (χ1v) is 7.03. The topological polar surface area (TPSA) is 9.23 Å². The Kier molecular flexibility index (Phi) is 4.33. The summed E-state index contributed by atoms with van der Waals surface area (Å²) in [5.41, 5.74) is 1.34. The summed E-state index contributed by atoms with van der Waals surface area (Å²) in [6.07, 6.45) is 3.35. The van der Waals surface area contributed by atoms with Gasteiger partial charge in [-0.1, -0.05) is 32.0 Å². The fourth-order valence-electron chi connectivity index (χ4n) is 2.69. The highest BCUT2D eigenvalue weighted by Gasteiger charge is 2.33. The summed E-state index contributed by atoms with van der Waals surface area (Å²) in [6, 6.07) is 8.43. The number of hydrogen-bond donors (Lipinski definition) is 0. The van der Waals surface area contributed by atoms with Crippen molar-refractivity contribution in [1.29, 1.82) is 0 Å². The van der Waals surface area contributed by atoms with Gasteiger partial charge in [-0.3, -0.25) is 0 Å². The Morgan fingerprint density at radius 1 is 1.29 bits per heavy atom. The van der Waals surface area contributed by atoms with E-state index >= 15 is 0 Å². The van der Waals surface area contributed by atoms with Crippen LogP contribution in [0, 0.1) is 5.92 Å². The average Bonchev–Trinajstić information content (AvgIpc) is 2.68. The molecule has 17 heavy (non-hydrogen) atoms. The smallest absolute Gasteiger partial charge is 0.122 e. The van der Waals surface area contributed by atoms with E-state index in [1.807, 2.05) is 6.07 Å². The van der Waals surface area contributed by atoms with Gasteiger partial charge in [-0.2, -0.15) is 0 Å². The van der Waals surface area contributed by atoms with E-state index in [0.29, 0.717) is 17.2 Å². The number of para-hydroxylation sites is 1. The number of alkyl halides is 1. The van der Waals surface area contributed by atoms with Crippen LogP contribution in [0.4, 0.5) is 0 Å². The van der Waals surface area contributed by atoms with Crippen LogP contribution in [0.15, 0.2) is 24.3 Å². The number of rotatable bonds is 4. The van der Waals surface area contributed by atoms with Crippen molar-refractivity contribution < 1.29 is 4.74 Å². The van der Waals surface area contributed by atoms with Gasteiger partial charge in [-0.25, -0.2) is 0 Å². The molecule has 1 aliphatic rings. The predicted octanol–water partition coefficient (Wildman–Crippen LogP) is 4.60. The first kappa shape index (κ1) is 12.8. The molecule has 2 heteroatoms. The van der Waals surface area contributed by atoms with Gasteiger partial charge in [-0.15, -0.1) is 11.6 Å². The van der Waals surface area contributed by atoms with E-state index in [-0.39, 0.29) is 0 Å². The lowest BCUT2D eigenvalue weighted by molar-refractivity contribution is 0.310. The molecule has 0 bridgehead atoms. The molecule has 1 aromatic rings. The number of benzene rings is 1. The standard InChI is InChI=1S/C15H21ClO/c1-3-10-17-15-7-5-4-6-13(15)12-8-9-14(16)11(12)2/h4-7,11-12,14H,3,8-10H2,1-2H3. The van der Waals surface area contributed by atoms with Gasteiger partial charge in [0.25, 0.3) is 0 Å². The fourth-order valence-corrected chi connectivity index (χ4v) is 2.99. The lowest BCUT2D eigenvalue weighted by Gasteiger charge is -2.20. The van der Waals surface area contributed by atoms with Crippen LogP contribution in [0.2, 0.25) is 0 Å². The quantitative estimate of drug-likeness (QED) is 0.712. The maximum Gasteiger partial charge on any atom is 0.122 e. The van der Waals surface area contributed by atoms with E-state index in [0.717, 1.165) is 25.2 Å². The van der Waals surface area contributed by atoms with E-state index in [9.17, 15) is 0 Å². The maximum atomic E-state index is 6.32. The van der Waals surface area contributed by atoms with Crippen LogP contribution in [-0.2, 0) is 0 Å². The van der Waals surface area contributed by atoms with Crippen molar-refractivity contribution in [3.05, 3.63) is 29.8 Å². The summed E-state index contributed by atoms with van der Waals surface area (Å²) < 4.78 is 5.84. The molecule has 0 spiro atoms.